The number of aliphatic imine (C=N–C) groups is 1. The number of amidine groups is 1. The number of pyridine rings is 1. The lowest BCUT2D eigenvalue weighted by molar-refractivity contribution is 0.496. The van der Waals surface area contributed by atoms with Gasteiger partial charge in [0, 0.05) is 22.7 Å². The number of hydrogen-bond acceptors (Lipinski definition) is 7. The summed E-state index contributed by atoms with van der Waals surface area (Å²) in [7, 11) is 0. The fraction of sp³-hybridized carbons (Fsp3) is 0.409. The molecule has 0 aliphatic rings. The zero-order valence-corrected chi connectivity index (χ0v) is 19.5. The molecule has 0 aromatic carbocycles. The molecule has 0 spiro atoms. The Morgan fingerprint density at radius 3 is 2.47 bits per heavy atom. The molecule has 0 atom stereocenters. The fourth-order valence-corrected chi connectivity index (χ4v) is 2.89. The fourth-order valence-electron chi connectivity index (χ4n) is 2.89. The molecule has 0 unspecified atom stereocenters. The summed E-state index contributed by atoms with van der Waals surface area (Å²) in [6.07, 6.45) is 1.61. The number of aromatic amines is 1. The first kappa shape index (κ1) is 22.8. The van der Waals surface area contributed by atoms with E-state index in [4.69, 9.17) is 5.73 Å². The molecule has 3 heterocycles. The van der Waals surface area contributed by atoms with Gasteiger partial charge in [0.25, 0.3) is 0 Å². The third-order valence-corrected chi connectivity index (χ3v) is 4.66. The van der Waals surface area contributed by atoms with Crippen molar-refractivity contribution >= 4 is 23.0 Å². The van der Waals surface area contributed by atoms with Crippen LogP contribution in [-0.4, -0.2) is 30.6 Å². The molecular weight excluding hydrogens is 404 g/mol. The number of rotatable bonds is 3. The number of fused-ring (bicyclic) bond motifs is 1. The lowest BCUT2D eigenvalue weighted by atomic mass is 9.89. The number of allylic oxidation sites excluding steroid dienone is 1. The second-order valence-electron chi connectivity index (χ2n) is 9.45. The molecule has 32 heavy (non-hydrogen) atoms. The van der Waals surface area contributed by atoms with Gasteiger partial charge in [-0.3, -0.25) is 5.10 Å². The molecule has 0 saturated carbocycles. The first-order valence-electron chi connectivity index (χ1n) is 10.2. The minimum Gasteiger partial charge on any atom is -0.400 e. The Labute approximate surface area is 187 Å². The van der Waals surface area contributed by atoms with E-state index in [0.29, 0.717) is 28.7 Å². The van der Waals surface area contributed by atoms with Crippen molar-refractivity contribution in [2.24, 2.45) is 26.4 Å². The molecule has 0 bridgehead atoms. The van der Waals surface area contributed by atoms with Crippen LogP contribution in [0.4, 0.5) is 11.5 Å². The van der Waals surface area contributed by atoms with Gasteiger partial charge in [0.05, 0.1) is 5.69 Å². The Hall–Kier alpha value is -3.87. The summed E-state index contributed by atoms with van der Waals surface area (Å²) in [5.74, 6) is 1.07. The van der Waals surface area contributed by atoms with Crippen molar-refractivity contribution in [3.8, 4) is 6.07 Å². The number of H-pyrrole nitrogens is 1. The molecule has 10 heteroatoms. The molecule has 0 fully saturated rings. The van der Waals surface area contributed by atoms with Gasteiger partial charge in [0.15, 0.2) is 17.3 Å². The maximum Gasteiger partial charge on any atom is 0.203 e. The Bertz CT molecular complexity index is 1250. The topological polar surface area (TPSA) is 146 Å². The van der Waals surface area contributed by atoms with Crippen LogP contribution in [0.2, 0.25) is 0 Å². The molecule has 3 aromatic rings. The molecule has 0 saturated heterocycles. The van der Waals surface area contributed by atoms with Crippen molar-refractivity contribution in [3.63, 3.8) is 0 Å². The van der Waals surface area contributed by atoms with E-state index in [0.717, 1.165) is 5.69 Å². The number of hydrogen-bond donors (Lipinski definition) is 2. The van der Waals surface area contributed by atoms with Gasteiger partial charge in [0.2, 0.25) is 5.65 Å². The van der Waals surface area contributed by atoms with E-state index < -0.39 is 5.41 Å². The summed E-state index contributed by atoms with van der Waals surface area (Å²) in [4.78, 5) is 13.2. The third kappa shape index (κ3) is 4.72. The van der Waals surface area contributed by atoms with Gasteiger partial charge in [-0.2, -0.15) is 9.89 Å². The van der Waals surface area contributed by atoms with Crippen LogP contribution in [0.3, 0.4) is 0 Å². The Balaban J connectivity index is 2.23. The normalized spacial score (nSPS) is 14.1. The van der Waals surface area contributed by atoms with E-state index in [2.05, 4.69) is 41.5 Å². The van der Waals surface area contributed by atoms with Gasteiger partial charge in [0.1, 0.15) is 17.5 Å². The monoisotopic (exact) mass is 432 g/mol. The minimum atomic E-state index is -0.465. The lowest BCUT2D eigenvalue weighted by Gasteiger charge is -2.20. The third-order valence-electron chi connectivity index (χ3n) is 4.66. The van der Waals surface area contributed by atoms with E-state index in [9.17, 15) is 5.26 Å². The molecule has 3 aromatic heterocycles. The van der Waals surface area contributed by atoms with E-state index in [1.807, 2.05) is 41.5 Å². The van der Waals surface area contributed by atoms with Gasteiger partial charge >= 0.3 is 0 Å². The van der Waals surface area contributed by atoms with E-state index in [1.54, 1.807) is 35.9 Å². The van der Waals surface area contributed by atoms with Crippen molar-refractivity contribution in [3.05, 3.63) is 47.2 Å². The largest absolute Gasteiger partial charge is 0.400 e. The summed E-state index contributed by atoms with van der Waals surface area (Å²) >= 11 is 0. The number of azo groups is 1. The number of nitrogens with zero attached hydrogens (tertiary/aromatic N) is 8. The summed E-state index contributed by atoms with van der Waals surface area (Å²) < 4.78 is 1.57. The van der Waals surface area contributed by atoms with Gasteiger partial charge in [-0.05, 0) is 19.1 Å². The molecule has 3 N–H and O–H groups in total. The predicted molar refractivity (Wildman–Crippen MR) is 123 cm³/mol. The van der Waals surface area contributed by atoms with E-state index in [1.165, 1.54) is 0 Å². The summed E-state index contributed by atoms with van der Waals surface area (Å²) in [5.41, 5.74) is 7.97. The van der Waals surface area contributed by atoms with Crippen molar-refractivity contribution < 1.29 is 0 Å². The Kier molecular flexibility index (Phi) is 5.94. The molecule has 3 rings (SSSR count). The number of nitrogens with one attached hydrogen (secondary N) is 1. The Morgan fingerprint density at radius 2 is 1.91 bits per heavy atom. The van der Waals surface area contributed by atoms with Crippen LogP contribution in [0.25, 0.3) is 5.65 Å². The van der Waals surface area contributed by atoms with Crippen LogP contribution in [-0.2, 0) is 5.41 Å². The van der Waals surface area contributed by atoms with Crippen LogP contribution >= 0.6 is 0 Å². The molecular formula is C22H28N10. The van der Waals surface area contributed by atoms with Crippen LogP contribution in [0.15, 0.2) is 50.9 Å². The zero-order chi connectivity index (χ0) is 23.7. The standard InChI is InChI=1S/C22H28N10/c1-13-26-20-16(18(22(5,6)7)31-32(20)30-13)28-29-19(27-15-10-8-9-11-25-15)14(12-23)17(24)21(2,3)4/h8-11,31H,24H2,1-7H3. The van der Waals surface area contributed by atoms with Gasteiger partial charge in [-0.25, -0.2) is 15.0 Å². The lowest BCUT2D eigenvalue weighted by Crippen LogP contribution is -2.21. The first-order valence-corrected chi connectivity index (χ1v) is 10.2. The molecule has 10 nitrogen and oxygen atoms in total. The predicted octanol–water partition coefficient (Wildman–Crippen LogP) is 4.65. The van der Waals surface area contributed by atoms with Gasteiger partial charge in [-0.15, -0.1) is 15.3 Å². The molecule has 0 radical (unpaired) electrons. The SMILES string of the molecule is Cc1nc2c(N=NC(=Nc3ccccn3)C(C#N)=C(N)C(C)(C)C)c(C(C)(C)C)[nH]n2n1. The maximum absolute atomic E-state index is 9.90. The highest BCUT2D eigenvalue weighted by atomic mass is 15.5. The highest BCUT2D eigenvalue weighted by Gasteiger charge is 2.26. The molecule has 0 aliphatic carbocycles. The van der Waals surface area contributed by atoms with Gasteiger partial charge < -0.3 is 5.73 Å². The number of nitrogens with two attached hydrogens (primary N) is 1. The summed E-state index contributed by atoms with van der Waals surface area (Å²) in [5, 5.41) is 26.3. The second kappa shape index (κ2) is 8.34. The Morgan fingerprint density at radius 1 is 1.19 bits per heavy atom. The van der Waals surface area contributed by atoms with Gasteiger partial charge in [-0.1, -0.05) is 47.6 Å². The summed E-state index contributed by atoms with van der Waals surface area (Å²) in [6, 6.07) is 7.45. The average molecular weight is 433 g/mol. The van der Waals surface area contributed by atoms with Crippen LogP contribution < -0.4 is 5.73 Å². The quantitative estimate of drug-likeness (QED) is 0.267. The first-order chi connectivity index (χ1) is 14.9. The second-order valence-corrected chi connectivity index (χ2v) is 9.45. The van der Waals surface area contributed by atoms with E-state index >= 15 is 0 Å². The molecule has 166 valence electrons. The zero-order valence-electron chi connectivity index (χ0n) is 19.5. The molecule has 0 amide bonds. The highest BCUT2D eigenvalue weighted by molar-refractivity contribution is 6.04. The summed E-state index contributed by atoms with van der Waals surface area (Å²) in [6.45, 7) is 13.7. The van der Waals surface area contributed by atoms with Crippen molar-refractivity contribution in [1.29, 1.82) is 5.26 Å². The number of nitriles is 1. The average Bonchev–Trinajstić information content (AvgIpc) is 3.22. The molecule has 0 aliphatic heterocycles. The van der Waals surface area contributed by atoms with Crippen molar-refractivity contribution in [2.45, 2.75) is 53.9 Å². The minimum absolute atomic E-state index is 0.0778. The van der Waals surface area contributed by atoms with Crippen LogP contribution in [0.1, 0.15) is 53.1 Å². The smallest absolute Gasteiger partial charge is 0.203 e. The van der Waals surface area contributed by atoms with Crippen LogP contribution in [0, 0.1) is 23.7 Å². The van der Waals surface area contributed by atoms with Crippen molar-refractivity contribution in [1.82, 2.24) is 24.8 Å². The van der Waals surface area contributed by atoms with Crippen molar-refractivity contribution in [2.75, 3.05) is 0 Å². The maximum atomic E-state index is 9.90. The highest BCUT2D eigenvalue weighted by Crippen LogP contribution is 2.34. The number of aryl methyl sites for hydroxylation is 1. The van der Waals surface area contributed by atoms with Crippen LogP contribution in [0.5, 0.6) is 0 Å². The number of aromatic nitrogens is 5. The van der Waals surface area contributed by atoms with E-state index in [-0.39, 0.29) is 16.8 Å².